The van der Waals surface area contributed by atoms with Crippen LogP contribution in [0.5, 0.6) is 0 Å². The van der Waals surface area contributed by atoms with E-state index in [0.29, 0.717) is 11.1 Å². The van der Waals surface area contributed by atoms with Gasteiger partial charge in [-0.1, -0.05) is 30.3 Å². The zero-order valence-corrected chi connectivity index (χ0v) is 9.42. The molecule has 2 rings (SSSR count). The highest BCUT2D eigenvalue weighted by Crippen LogP contribution is 2.25. The fraction of sp³-hybridized carbons (Fsp3) is 0.143. The highest BCUT2D eigenvalue weighted by Gasteiger charge is 2.06. The van der Waals surface area contributed by atoms with E-state index in [-0.39, 0.29) is 5.82 Å². The summed E-state index contributed by atoms with van der Waals surface area (Å²) in [7, 11) is 1.86. The third kappa shape index (κ3) is 1.91. The number of rotatable bonds is 2. The van der Waals surface area contributed by atoms with Gasteiger partial charge >= 0.3 is 0 Å². The SMILES string of the molecule is CNc1ccc(-c2cccc(C)c2F)cc1. The van der Waals surface area contributed by atoms with Gasteiger partial charge in [-0.3, -0.25) is 0 Å². The van der Waals surface area contributed by atoms with Crippen LogP contribution in [0.15, 0.2) is 42.5 Å². The van der Waals surface area contributed by atoms with Crippen LogP contribution in [0, 0.1) is 12.7 Å². The largest absolute Gasteiger partial charge is 0.388 e. The summed E-state index contributed by atoms with van der Waals surface area (Å²) in [5.74, 6) is -0.139. The van der Waals surface area contributed by atoms with Gasteiger partial charge in [0.1, 0.15) is 5.82 Å². The Bertz CT molecular complexity index is 489. The van der Waals surface area contributed by atoms with Crippen LogP contribution >= 0.6 is 0 Å². The number of nitrogens with one attached hydrogen (secondary N) is 1. The minimum Gasteiger partial charge on any atom is -0.388 e. The lowest BCUT2D eigenvalue weighted by atomic mass is 10.0. The Morgan fingerprint density at radius 1 is 1.00 bits per heavy atom. The molecule has 0 fully saturated rings. The summed E-state index contributed by atoms with van der Waals surface area (Å²) < 4.78 is 13.9. The van der Waals surface area contributed by atoms with Crippen LogP contribution in [-0.2, 0) is 0 Å². The summed E-state index contributed by atoms with van der Waals surface area (Å²) in [4.78, 5) is 0. The zero-order chi connectivity index (χ0) is 11.5. The second kappa shape index (κ2) is 4.35. The summed E-state index contributed by atoms with van der Waals surface area (Å²) in [5, 5.41) is 3.04. The average Bonchev–Trinajstić information content (AvgIpc) is 2.33. The van der Waals surface area contributed by atoms with Crippen molar-refractivity contribution in [3.05, 3.63) is 53.8 Å². The lowest BCUT2D eigenvalue weighted by molar-refractivity contribution is 0.622. The van der Waals surface area contributed by atoms with Crippen molar-refractivity contribution in [1.29, 1.82) is 0 Å². The van der Waals surface area contributed by atoms with E-state index in [0.717, 1.165) is 11.3 Å². The molecule has 16 heavy (non-hydrogen) atoms. The lowest BCUT2D eigenvalue weighted by Crippen LogP contribution is -1.90. The van der Waals surface area contributed by atoms with Crippen molar-refractivity contribution in [2.45, 2.75) is 6.92 Å². The van der Waals surface area contributed by atoms with Gasteiger partial charge in [0.2, 0.25) is 0 Å². The molecule has 2 aromatic carbocycles. The number of anilines is 1. The van der Waals surface area contributed by atoms with Gasteiger partial charge in [-0.05, 0) is 30.2 Å². The quantitative estimate of drug-likeness (QED) is 0.802. The minimum absolute atomic E-state index is 0.139. The molecular formula is C14H14FN. The van der Waals surface area contributed by atoms with Crippen LogP contribution in [-0.4, -0.2) is 7.05 Å². The molecule has 0 aromatic heterocycles. The standard InChI is InChI=1S/C14H14FN/c1-10-4-3-5-13(14(10)15)11-6-8-12(16-2)9-7-11/h3-9,16H,1-2H3. The maximum absolute atomic E-state index is 13.9. The molecule has 0 unspecified atom stereocenters. The second-order valence-electron chi connectivity index (χ2n) is 3.76. The average molecular weight is 215 g/mol. The number of hydrogen-bond acceptors (Lipinski definition) is 1. The zero-order valence-electron chi connectivity index (χ0n) is 9.42. The smallest absolute Gasteiger partial charge is 0.133 e. The first-order valence-corrected chi connectivity index (χ1v) is 5.25. The van der Waals surface area contributed by atoms with Crippen molar-refractivity contribution >= 4 is 5.69 Å². The summed E-state index contributed by atoms with van der Waals surface area (Å²) in [6.07, 6.45) is 0. The van der Waals surface area contributed by atoms with E-state index in [9.17, 15) is 4.39 Å². The maximum atomic E-state index is 13.9. The van der Waals surface area contributed by atoms with Crippen molar-refractivity contribution in [2.24, 2.45) is 0 Å². The summed E-state index contributed by atoms with van der Waals surface area (Å²) in [6, 6.07) is 13.2. The third-order valence-electron chi connectivity index (χ3n) is 2.68. The number of benzene rings is 2. The molecule has 0 saturated heterocycles. The molecule has 0 bridgehead atoms. The van der Waals surface area contributed by atoms with Gasteiger partial charge < -0.3 is 5.32 Å². The topological polar surface area (TPSA) is 12.0 Å². The van der Waals surface area contributed by atoms with Crippen LogP contribution in [0.4, 0.5) is 10.1 Å². The first-order chi connectivity index (χ1) is 7.72. The molecule has 1 nitrogen and oxygen atoms in total. The van der Waals surface area contributed by atoms with E-state index in [1.54, 1.807) is 19.1 Å². The maximum Gasteiger partial charge on any atom is 0.133 e. The Kier molecular flexibility index (Phi) is 2.91. The van der Waals surface area contributed by atoms with Crippen LogP contribution in [0.1, 0.15) is 5.56 Å². The predicted octanol–water partition coefficient (Wildman–Crippen LogP) is 3.84. The van der Waals surface area contributed by atoms with E-state index in [4.69, 9.17) is 0 Å². The van der Waals surface area contributed by atoms with Crippen LogP contribution < -0.4 is 5.32 Å². The lowest BCUT2D eigenvalue weighted by Gasteiger charge is -2.06. The van der Waals surface area contributed by atoms with Gasteiger partial charge in [-0.2, -0.15) is 0 Å². The molecule has 0 aliphatic carbocycles. The fourth-order valence-corrected chi connectivity index (χ4v) is 1.69. The molecule has 2 heteroatoms. The van der Waals surface area contributed by atoms with Crippen molar-refractivity contribution in [2.75, 3.05) is 12.4 Å². The molecule has 0 atom stereocenters. The Labute approximate surface area is 94.9 Å². The van der Waals surface area contributed by atoms with Crippen LogP contribution in [0.2, 0.25) is 0 Å². The van der Waals surface area contributed by atoms with Gasteiger partial charge in [0.15, 0.2) is 0 Å². The Balaban J connectivity index is 2.46. The van der Waals surface area contributed by atoms with Gasteiger partial charge in [0.25, 0.3) is 0 Å². The molecule has 0 heterocycles. The molecule has 82 valence electrons. The highest BCUT2D eigenvalue weighted by molar-refractivity contribution is 5.67. The van der Waals surface area contributed by atoms with Gasteiger partial charge in [-0.15, -0.1) is 0 Å². The Morgan fingerprint density at radius 2 is 1.69 bits per heavy atom. The molecule has 2 aromatic rings. The molecule has 0 radical (unpaired) electrons. The fourth-order valence-electron chi connectivity index (χ4n) is 1.69. The first-order valence-electron chi connectivity index (χ1n) is 5.25. The number of aryl methyl sites for hydroxylation is 1. The molecule has 0 saturated carbocycles. The molecule has 1 N–H and O–H groups in total. The van der Waals surface area contributed by atoms with E-state index >= 15 is 0 Å². The van der Waals surface area contributed by atoms with Crippen LogP contribution in [0.3, 0.4) is 0 Å². The monoisotopic (exact) mass is 215 g/mol. The van der Waals surface area contributed by atoms with E-state index in [2.05, 4.69) is 5.32 Å². The number of halogens is 1. The van der Waals surface area contributed by atoms with Gasteiger partial charge in [0.05, 0.1) is 0 Å². The third-order valence-corrected chi connectivity index (χ3v) is 2.68. The van der Waals surface area contributed by atoms with Gasteiger partial charge in [0, 0.05) is 18.3 Å². The van der Waals surface area contributed by atoms with Crippen molar-refractivity contribution in [1.82, 2.24) is 0 Å². The van der Waals surface area contributed by atoms with Crippen molar-refractivity contribution < 1.29 is 4.39 Å². The second-order valence-corrected chi connectivity index (χ2v) is 3.76. The van der Waals surface area contributed by atoms with Crippen molar-refractivity contribution in [3.8, 4) is 11.1 Å². The molecular weight excluding hydrogens is 201 g/mol. The molecule has 0 aliphatic heterocycles. The Morgan fingerprint density at radius 3 is 2.31 bits per heavy atom. The molecule has 0 aliphatic rings. The van der Waals surface area contributed by atoms with Crippen LogP contribution in [0.25, 0.3) is 11.1 Å². The minimum atomic E-state index is -0.139. The van der Waals surface area contributed by atoms with Gasteiger partial charge in [-0.25, -0.2) is 4.39 Å². The summed E-state index contributed by atoms with van der Waals surface area (Å²) >= 11 is 0. The highest BCUT2D eigenvalue weighted by atomic mass is 19.1. The van der Waals surface area contributed by atoms with Crippen molar-refractivity contribution in [3.63, 3.8) is 0 Å². The first kappa shape index (κ1) is 10.7. The molecule has 0 amide bonds. The summed E-state index contributed by atoms with van der Waals surface area (Å²) in [5.41, 5.74) is 3.26. The summed E-state index contributed by atoms with van der Waals surface area (Å²) in [6.45, 7) is 1.78. The van der Waals surface area contributed by atoms with E-state index < -0.39 is 0 Å². The Hall–Kier alpha value is -1.83. The number of hydrogen-bond donors (Lipinski definition) is 1. The predicted molar refractivity (Wildman–Crippen MR) is 66.1 cm³/mol. The van der Waals surface area contributed by atoms with E-state index in [1.807, 2.05) is 37.4 Å². The molecule has 0 spiro atoms. The van der Waals surface area contributed by atoms with E-state index in [1.165, 1.54) is 0 Å². The normalized spacial score (nSPS) is 10.2.